The van der Waals surface area contributed by atoms with Gasteiger partial charge in [-0.2, -0.15) is 0 Å². The highest BCUT2D eigenvalue weighted by Gasteiger charge is 2.54. The molecule has 1 aromatic rings. The predicted molar refractivity (Wildman–Crippen MR) is 107 cm³/mol. The van der Waals surface area contributed by atoms with Crippen molar-refractivity contribution in [2.45, 2.75) is 26.3 Å². The molecule has 0 N–H and O–H groups in total. The number of imide groups is 1. The molecule has 0 aliphatic carbocycles. The number of likely N-dealkylation sites (N-methyl/N-ethyl adjacent to an activating group) is 2. The van der Waals surface area contributed by atoms with Crippen molar-refractivity contribution in [1.82, 2.24) is 14.7 Å². The minimum absolute atomic E-state index is 0.243. The van der Waals surface area contributed by atoms with Gasteiger partial charge in [0.1, 0.15) is 5.75 Å². The zero-order chi connectivity index (χ0) is 20.3. The number of hydrogen-bond donors (Lipinski definition) is 0. The molecule has 0 spiro atoms. The fourth-order valence-corrected chi connectivity index (χ4v) is 3.52. The van der Waals surface area contributed by atoms with Crippen LogP contribution in [0, 0.1) is 0 Å². The second-order valence-electron chi connectivity index (χ2n) is 6.79. The van der Waals surface area contributed by atoms with E-state index in [0.29, 0.717) is 19.0 Å². The Hall–Kier alpha value is -2.90. The lowest BCUT2D eigenvalue weighted by Crippen LogP contribution is -2.63. The minimum atomic E-state index is -0.569. The molecular formula is C20H28N5O3+. The first-order chi connectivity index (χ1) is 13.5. The van der Waals surface area contributed by atoms with E-state index in [1.165, 1.54) is 16.8 Å². The molecule has 3 amide bonds. The third-order valence-electron chi connectivity index (χ3n) is 5.11. The van der Waals surface area contributed by atoms with Crippen LogP contribution in [0.25, 0.3) is 0 Å². The number of guanidine groups is 1. The molecule has 1 fully saturated rings. The van der Waals surface area contributed by atoms with E-state index in [-0.39, 0.29) is 11.9 Å². The van der Waals surface area contributed by atoms with Gasteiger partial charge in [0.2, 0.25) is 11.9 Å². The molecule has 8 heteroatoms. The highest BCUT2D eigenvalue weighted by atomic mass is 16.5. The molecule has 1 aromatic carbocycles. The quantitative estimate of drug-likeness (QED) is 0.526. The van der Waals surface area contributed by atoms with Gasteiger partial charge in [-0.15, -0.1) is 0 Å². The molecule has 3 rings (SSSR count). The van der Waals surface area contributed by atoms with Crippen LogP contribution in [0.5, 0.6) is 5.75 Å². The van der Waals surface area contributed by atoms with Gasteiger partial charge in [-0.05, 0) is 26.0 Å². The molecule has 1 unspecified atom stereocenters. The molecule has 1 saturated heterocycles. The number of hydrogen-bond acceptors (Lipinski definition) is 3. The summed E-state index contributed by atoms with van der Waals surface area (Å²) < 4.78 is 7.90. The number of fused-ring (bicyclic) bond motifs is 1. The van der Waals surface area contributed by atoms with Crippen LogP contribution >= 0.6 is 0 Å². The van der Waals surface area contributed by atoms with Crippen LogP contribution in [0.15, 0.2) is 35.3 Å². The Morgan fingerprint density at radius 1 is 1.07 bits per heavy atom. The lowest BCUT2D eigenvalue weighted by atomic mass is 10.1. The lowest BCUT2D eigenvalue weighted by Gasteiger charge is -2.33. The van der Waals surface area contributed by atoms with Gasteiger partial charge in [-0.3, -0.25) is 19.2 Å². The summed E-state index contributed by atoms with van der Waals surface area (Å²) in [4.78, 5) is 34.5. The zero-order valence-electron chi connectivity index (χ0n) is 17.0. The van der Waals surface area contributed by atoms with Gasteiger partial charge in [-0.25, -0.2) is 9.69 Å². The average molecular weight is 386 g/mol. The van der Waals surface area contributed by atoms with Gasteiger partial charge in [0, 0.05) is 20.5 Å². The summed E-state index contributed by atoms with van der Waals surface area (Å²) in [5.74, 6) is 1.83. The number of ether oxygens (including phenoxy) is 1. The van der Waals surface area contributed by atoms with Crippen molar-refractivity contribution in [1.29, 1.82) is 0 Å². The maximum absolute atomic E-state index is 12.9. The maximum Gasteiger partial charge on any atom is 0.392 e. The number of carbonyl (C=O) groups is 2. The van der Waals surface area contributed by atoms with E-state index in [1.807, 2.05) is 35.2 Å². The minimum Gasteiger partial charge on any atom is -0.493 e. The zero-order valence-corrected chi connectivity index (χ0v) is 17.0. The highest BCUT2D eigenvalue weighted by Crippen LogP contribution is 2.23. The van der Waals surface area contributed by atoms with Crippen molar-refractivity contribution >= 4 is 23.7 Å². The van der Waals surface area contributed by atoms with E-state index < -0.39 is 6.04 Å². The number of aliphatic imine (C=N–C) groups is 1. The first-order valence-corrected chi connectivity index (χ1v) is 9.69. The number of benzene rings is 1. The SMILES string of the molecule is CC[N+](CC)=C1N=C2C(C(=O)N(C)C(=O)N2C)N1CCCOc1ccccc1. The first kappa shape index (κ1) is 19.9. The van der Waals surface area contributed by atoms with Crippen LogP contribution in [0.1, 0.15) is 20.3 Å². The summed E-state index contributed by atoms with van der Waals surface area (Å²) in [7, 11) is 3.18. The summed E-state index contributed by atoms with van der Waals surface area (Å²) in [6, 6.07) is 8.74. The van der Waals surface area contributed by atoms with Crippen molar-refractivity contribution in [2.24, 2.45) is 4.99 Å². The smallest absolute Gasteiger partial charge is 0.392 e. The standard InChI is InChI=1S/C20H28N5O3/c1-5-24(6-2)19-21-17-16(18(26)23(4)20(27)22(17)3)25(19)13-10-14-28-15-11-8-7-9-12-15/h7-9,11-12,16H,5-6,10,13-14H2,1-4H3/q+1. The molecule has 0 saturated carbocycles. The van der Waals surface area contributed by atoms with Crippen LogP contribution in [0.2, 0.25) is 0 Å². The van der Waals surface area contributed by atoms with Crippen molar-refractivity contribution < 1.29 is 18.9 Å². The van der Waals surface area contributed by atoms with Crippen LogP contribution < -0.4 is 4.74 Å². The Kier molecular flexibility index (Phi) is 5.96. The van der Waals surface area contributed by atoms with Gasteiger partial charge < -0.3 is 4.74 Å². The predicted octanol–water partition coefficient (Wildman–Crippen LogP) is 1.47. The van der Waals surface area contributed by atoms with Gasteiger partial charge in [0.05, 0.1) is 26.2 Å². The summed E-state index contributed by atoms with van der Waals surface area (Å²) >= 11 is 0. The van der Waals surface area contributed by atoms with E-state index in [4.69, 9.17) is 4.74 Å². The number of para-hydroxylation sites is 1. The Balaban J connectivity index is 1.79. The maximum atomic E-state index is 12.9. The van der Waals surface area contributed by atoms with Crippen molar-refractivity contribution in [3.05, 3.63) is 30.3 Å². The van der Waals surface area contributed by atoms with Gasteiger partial charge in [0.25, 0.3) is 5.91 Å². The molecule has 2 aliphatic heterocycles. The number of rotatable bonds is 7. The van der Waals surface area contributed by atoms with Crippen LogP contribution in [-0.2, 0) is 4.79 Å². The van der Waals surface area contributed by atoms with Crippen molar-refractivity contribution in [3.8, 4) is 5.75 Å². The van der Waals surface area contributed by atoms with E-state index in [2.05, 4.69) is 23.4 Å². The van der Waals surface area contributed by atoms with E-state index in [9.17, 15) is 9.59 Å². The summed E-state index contributed by atoms with van der Waals surface area (Å²) in [5.41, 5.74) is 0. The van der Waals surface area contributed by atoms with Crippen LogP contribution in [-0.4, -0.2) is 89.4 Å². The van der Waals surface area contributed by atoms with E-state index in [0.717, 1.165) is 31.2 Å². The molecule has 2 heterocycles. The van der Waals surface area contributed by atoms with Gasteiger partial charge in [-0.1, -0.05) is 23.2 Å². The topological polar surface area (TPSA) is 68.5 Å². The molecule has 0 radical (unpaired) electrons. The highest BCUT2D eigenvalue weighted by molar-refractivity contribution is 6.25. The Labute approximate surface area is 165 Å². The number of amides is 3. The Bertz CT molecular complexity index is 799. The third-order valence-corrected chi connectivity index (χ3v) is 5.11. The molecule has 8 nitrogen and oxygen atoms in total. The number of carbonyl (C=O) groups excluding carboxylic acids is 2. The van der Waals surface area contributed by atoms with Gasteiger partial charge in [0.15, 0.2) is 0 Å². The average Bonchev–Trinajstić information content (AvgIpc) is 3.09. The molecule has 150 valence electrons. The molecule has 2 aliphatic rings. The fourth-order valence-electron chi connectivity index (χ4n) is 3.52. The number of nitrogens with zero attached hydrogens (tertiary/aromatic N) is 5. The molecule has 0 bridgehead atoms. The van der Waals surface area contributed by atoms with E-state index in [1.54, 1.807) is 7.05 Å². The van der Waals surface area contributed by atoms with Crippen LogP contribution in [0.3, 0.4) is 0 Å². The summed E-state index contributed by atoms with van der Waals surface area (Å²) in [5, 5.41) is 0. The van der Waals surface area contributed by atoms with Crippen molar-refractivity contribution in [2.75, 3.05) is 40.3 Å². The normalized spacial score (nSPS) is 19.1. The van der Waals surface area contributed by atoms with E-state index >= 15 is 0 Å². The molecular weight excluding hydrogens is 358 g/mol. The van der Waals surface area contributed by atoms with Gasteiger partial charge >= 0.3 is 12.0 Å². The molecule has 0 aromatic heterocycles. The van der Waals surface area contributed by atoms with Crippen molar-refractivity contribution in [3.63, 3.8) is 0 Å². The second kappa shape index (κ2) is 8.41. The monoisotopic (exact) mass is 386 g/mol. The Morgan fingerprint density at radius 2 is 1.75 bits per heavy atom. The first-order valence-electron chi connectivity index (χ1n) is 9.69. The summed E-state index contributed by atoms with van der Waals surface area (Å²) in [6.07, 6.45) is 0.730. The number of urea groups is 1. The summed E-state index contributed by atoms with van der Waals surface area (Å²) in [6.45, 7) is 6.79. The largest absolute Gasteiger partial charge is 0.493 e. The Morgan fingerprint density at radius 3 is 2.39 bits per heavy atom. The molecule has 1 atom stereocenters. The van der Waals surface area contributed by atoms with Crippen LogP contribution in [0.4, 0.5) is 4.79 Å². The second-order valence-corrected chi connectivity index (χ2v) is 6.79. The lowest BCUT2D eigenvalue weighted by molar-refractivity contribution is -0.526. The third kappa shape index (κ3) is 3.58. The number of amidine groups is 1. The molecule has 28 heavy (non-hydrogen) atoms. The fraction of sp³-hybridized carbons (Fsp3) is 0.500.